The van der Waals surface area contributed by atoms with E-state index in [0.717, 1.165) is 50.3 Å². The Labute approximate surface area is 240 Å². The maximum absolute atomic E-state index is 12.5. The van der Waals surface area contributed by atoms with Crippen LogP contribution >= 0.6 is 22.6 Å². The van der Waals surface area contributed by atoms with Gasteiger partial charge in [0.15, 0.2) is 0 Å². The molecule has 2 N–H and O–H groups in total. The highest BCUT2D eigenvalue weighted by Gasteiger charge is 2.25. The van der Waals surface area contributed by atoms with Crippen LogP contribution in [0.15, 0.2) is 48.8 Å². The summed E-state index contributed by atoms with van der Waals surface area (Å²) >= 11 is 2.22. The Bertz CT molecular complexity index is 1490. The van der Waals surface area contributed by atoms with Crippen LogP contribution in [0.1, 0.15) is 26.5 Å². The van der Waals surface area contributed by atoms with Gasteiger partial charge in [0, 0.05) is 52.8 Å². The first kappa shape index (κ1) is 27.0. The number of carbonyl (C=O) groups is 2. The number of H-pyrrole nitrogens is 1. The standard InChI is InChI=1S/C28H30IN7O3/c1-4-39-28(38)34-27-32-24-12-19(11-22(26(24)33-27)23-8-6-20(29)14-31-23)18-5-7-21(30-13-18)15-35-9-10-36(17(2)3)25(37)16-35/h5-8,11-14,17H,4,9-10,15-16H2,1-3H3,(H2,32,33,34,38). The highest BCUT2D eigenvalue weighted by atomic mass is 127. The van der Waals surface area contributed by atoms with E-state index >= 15 is 0 Å². The normalized spacial score (nSPS) is 14.3. The molecule has 5 rings (SSSR count). The number of hydrogen-bond donors (Lipinski definition) is 2. The number of imidazole rings is 1. The lowest BCUT2D eigenvalue weighted by atomic mass is 10.0. The van der Waals surface area contributed by atoms with Gasteiger partial charge in [0.05, 0.1) is 35.6 Å². The summed E-state index contributed by atoms with van der Waals surface area (Å²) in [6, 6.07) is 12.2. The van der Waals surface area contributed by atoms with Crippen molar-refractivity contribution in [2.45, 2.75) is 33.4 Å². The van der Waals surface area contributed by atoms with Crippen LogP contribution in [-0.2, 0) is 16.1 Å². The van der Waals surface area contributed by atoms with Crippen molar-refractivity contribution >= 4 is 51.6 Å². The third-order valence-corrected chi connectivity index (χ3v) is 7.23. The van der Waals surface area contributed by atoms with Crippen molar-refractivity contribution in [1.82, 2.24) is 29.7 Å². The van der Waals surface area contributed by atoms with Gasteiger partial charge in [-0.15, -0.1) is 0 Å². The molecule has 0 aliphatic carbocycles. The molecule has 0 unspecified atom stereocenters. The fourth-order valence-corrected chi connectivity index (χ4v) is 4.99. The first-order valence-corrected chi connectivity index (χ1v) is 13.9. The number of piperazine rings is 1. The molecule has 11 heteroatoms. The van der Waals surface area contributed by atoms with Crippen LogP contribution in [0.25, 0.3) is 33.4 Å². The van der Waals surface area contributed by atoms with E-state index < -0.39 is 6.09 Å². The van der Waals surface area contributed by atoms with Gasteiger partial charge >= 0.3 is 6.09 Å². The van der Waals surface area contributed by atoms with Gasteiger partial charge in [0.25, 0.3) is 0 Å². The number of benzene rings is 1. The van der Waals surface area contributed by atoms with E-state index in [1.54, 1.807) is 13.1 Å². The molecule has 1 aliphatic rings. The summed E-state index contributed by atoms with van der Waals surface area (Å²) < 4.78 is 6.02. The van der Waals surface area contributed by atoms with Crippen molar-refractivity contribution in [2.24, 2.45) is 0 Å². The van der Waals surface area contributed by atoms with E-state index in [9.17, 15) is 9.59 Å². The molecule has 1 saturated heterocycles. The molecule has 1 aromatic carbocycles. The molecule has 2 amide bonds. The molecule has 0 atom stereocenters. The van der Waals surface area contributed by atoms with Gasteiger partial charge in [0.2, 0.25) is 11.9 Å². The molecule has 0 bridgehead atoms. The number of nitrogens with zero attached hydrogens (tertiary/aromatic N) is 5. The number of hydrogen-bond acceptors (Lipinski definition) is 7. The predicted octanol–water partition coefficient (Wildman–Crippen LogP) is 4.91. The lowest BCUT2D eigenvalue weighted by Gasteiger charge is -2.36. The van der Waals surface area contributed by atoms with Crippen LogP contribution in [0.5, 0.6) is 0 Å². The van der Waals surface area contributed by atoms with Crippen molar-refractivity contribution in [2.75, 3.05) is 31.6 Å². The van der Waals surface area contributed by atoms with Crippen LogP contribution < -0.4 is 5.32 Å². The quantitative estimate of drug-likeness (QED) is 0.276. The Hall–Kier alpha value is -3.58. The van der Waals surface area contributed by atoms with Gasteiger partial charge in [-0.3, -0.25) is 25.0 Å². The van der Waals surface area contributed by atoms with Crippen LogP contribution in [0.4, 0.5) is 10.7 Å². The van der Waals surface area contributed by atoms with Crippen LogP contribution in [0, 0.1) is 3.57 Å². The van der Waals surface area contributed by atoms with Crippen molar-refractivity contribution in [1.29, 1.82) is 0 Å². The zero-order valence-electron chi connectivity index (χ0n) is 22.1. The molecule has 1 fully saturated rings. The molecule has 4 aromatic rings. The molecule has 0 radical (unpaired) electrons. The number of aromatic nitrogens is 4. The fourth-order valence-electron chi connectivity index (χ4n) is 4.67. The van der Waals surface area contributed by atoms with E-state index in [0.29, 0.717) is 24.6 Å². The Morgan fingerprint density at radius 3 is 2.64 bits per heavy atom. The zero-order chi connectivity index (χ0) is 27.5. The number of aromatic amines is 1. The number of carbonyl (C=O) groups excluding carboxylic acids is 2. The number of anilines is 1. The molecule has 0 saturated carbocycles. The van der Waals surface area contributed by atoms with Crippen LogP contribution in [0.2, 0.25) is 0 Å². The summed E-state index contributed by atoms with van der Waals surface area (Å²) in [5, 5.41) is 2.64. The SMILES string of the molecule is CCOC(=O)Nc1nc2c(-c3ccc(I)cn3)cc(-c3ccc(CN4CCN(C(C)C)C(=O)C4)nc3)cc2[nH]1. The monoisotopic (exact) mass is 639 g/mol. The molecule has 0 spiro atoms. The maximum atomic E-state index is 12.5. The average Bonchev–Trinajstić information content (AvgIpc) is 3.31. The third-order valence-electron chi connectivity index (χ3n) is 6.59. The van der Waals surface area contributed by atoms with Crippen molar-refractivity contribution in [3.8, 4) is 22.4 Å². The molecular weight excluding hydrogens is 609 g/mol. The number of halogens is 1. The minimum atomic E-state index is -0.571. The second-order valence-corrected chi connectivity index (χ2v) is 10.9. The number of amides is 2. The van der Waals surface area contributed by atoms with Crippen molar-refractivity contribution in [3.05, 3.63) is 58.1 Å². The van der Waals surface area contributed by atoms with Crippen molar-refractivity contribution < 1.29 is 14.3 Å². The average molecular weight is 639 g/mol. The maximum Gasteiger partial charge on any atom is 0.413 e. The van der Waals surface area contributed by atoms with E-state index in [-0.39, 0.29) is 18.6 Å². The lowest BCUT2D eigenvalue weighted by Crippen LogP contribution is -2.52. The lowest BCUT2D eigenvalue weighted by molar-refractivity contribution is -0.138. The number of ether oxygens (including phenoxy) is 1. The molecular formula is C28H30IN7O3. The first-order chi connectivity index (χ1) is 18.8. The predicted molar refractivity (Wildman–Crippen MR) is 158 cm³/mol. The van der Waals surface area contributed by atoms with Gasteiger partial charge in [-0.1, -0.05) is 6.07 Å². The molecule has 1 aliphatic heterocycles. The first-order valence-electron chi connectivity index (χ1n) is 12.9. The molecule has 202 valence electrons. The third kappa shape index (κ3) is 6.19. The number of nitrogens with one attached hydrogen (secondary N) is 2. The number of rotatable bonds is 7. The summed E-state index contributed by atoms with van der Waals surface area (Å²) in [7, 11) is 0. The van der Waals surface area contributed by atoms with Gasteiger partial charge in [-0.05, 0) is 79.3 Å². The second kappa shape index (κ2) is 11.7. The summed E-state index contributed by atoms with van der Waals surface area (Å²) in [6.45, 7) is 8.71. The molecule has 4 heterocycles. The molecule has 10 nitrogen and oxygen atoms in total. The highest BCUT2D eigenvalue weighted by Crippen LogP contribution is 2.33. The number of fused-ring (bicyclic) bond motifs is 1. The fraction of sp³-hybridized carbons (Fsp3) is 0.321. The Morgan fingerprint density at radius 2 is 1.97 bits per heavy atom. The molecule has 3 aromatic heterocycles. The zero-order valence-corrected chi connectivity index (χ0v) is 24.2. The topological polar surface area (TPSA) is 116 Å². The highest BCUT2D eigenvalue weighted by molar-refractivity contribution is 14.1. The van der Waals surface area contributed by atoms with Crippen molar-refractivity contribution in [3.63, 3.8) is 0 Å². The van der Waals surface area contributed by atoms with Gasteiger partial charge in [-0.2, -0.15) is 0 Å². The summed E-state index contributed by atoms with van der Waals surface area (Å²) in [5.41, 5.74) is 5.82. The van der Waals surface area contributed by atoms with E-state index in [2.05, 4.69) is 47.8 Å². The smallest absolute Gasteiger partial charge is 0.413 e. The summed E-state index contributed by atoms with van der Waals surface area (Å²) in [4.78, 5) is 45.6. The molecule has 39 heavy (non-hydrogen) atoms. The van der Waals surface area contributed by atoms with E-state index in [4.69, 9.17) is 9.72 Å². The summed E-state index contributed by atoms with van der Waals surface area (Å²) in [6.07, 6.45) is 3.08. The number of pyridine rings is 2. The Morgan fingerprint density at radius 1 is 1.13 bits per heavy atom. The van der Waals surface area contributed by atoms with Gasteiger partial charge in [0.1, 0.15) is 0 Å². The minimum absolute atomic E-state index is 0.161. The van der Waals surface area contributed by atoms with Gasteiger partial charge in [-0.25, -0.2) is 9.78 Å². The Kier molecular flexibility index (Phi) is 8.07. The van der Waals surface area contributed by atoms with Crippen LogP contribution in [0.3, 0.4) is 0 Å². The summed E-state index contributed by atoms with van der Waals surface area (Å²) in [5.74, 6) is 0.460. The van der Waals surface area contributed by atoms with E-state index in [1.807, 2.05) is 61.3 Å². The van der Waals surface area contributed by atoms with Crippen LogP contribution in [-0.4, -0.2) is 74.0 Å². The largest absolute Gasteiger partial charge is 0.450 e. The minimum Gasteiger partial charge on any atom is -0.450 e. The van der Waals surface area contributed by atoms with Gasteiger partial charge < -0.3 is 14.6 Å². The second-order valence-electron chi connectivity index (χ2n) is 9.64. The Balaban J connectivity index is 1.42. The van der Waals surface area contributed by atoms with E-state index in [1.165, 1.54) is 0 Å².